The molecule has 0 aliphatic carbocycles. The lowest BCUT2D eigenvalue weighted by Gasteiger charge is -2.05. The van der Waals surface area contributed by atoms with Gasteiger partial charge in [0.1, 0.15) is 17.7 Å². The lowest BCUT2D eigenvalue weighted by Crippen LogP contribution is -2.02. The van der Waals surface area contributed by atoms with Crippen molar-refractivity contribution in [2.45, 2.75) is 6.92 Å². The number of hydrogen-bond donors (Lipinski definition) is 1. The van der Waals surface area contributed by atoms with Crippen molar-refractivity contribution in [3.63, 3.8) is 0 Å². The van der Waals surface area contributed by atoms with E-state index in [1.807, 2.05) is 0 Å². The molecule has 0 aromatic heterocycles. The number of nitrogens with zero attached hydrogens (tertiary/aromatic N) is 4. The molecular formula is C11H7N5O4. The average Bonchev–Trinajstić information content (AvgIpc) is 2.40. The summed E-state index contributed by atoms with van der Waals surface area (Å²) in [6, 6.07) is 5.37. The molecule has 0 radical (unpaired) electrons. The SMILES string of the molecule is Cc1cc([N+](=O)[O-])c(NC=C(C#N)C#N)c([N+](=O)[O-])c1. The van der Waals surface area contributed by atoms with E-state index in [0.717, 1.165) is 18.3 Å². The molecule has 9 nitrogen and oxygen atoms in total. The van der Waals surface area contributed by atoms with Gasteiger partial charge in [-0.2, -0.15) is 10.5 Å². The van der Waals surface area contributed by atoms with E-state index in [2.05, 4.69) is 5.32 Å². The average molecular weight is 273 g/mol. The molecule has 1 aromatic rings. The molecule has 1 rings (SSSR count). The predicted octanol–water partition coefficient (Wildman–Crippen LogP) is 2.15. The third-order valence-corrected chi connectivity index (χ3v) is 2.24. The van der Waals surface area contributed by atoms with E-state index in [0.29, 0.717) is 5.56 Å². The van der Waals surface area contributed by atoms with Gasteiger partial charge >= 0.3 is 0 Å². The van der Waals surface area contributed by atoms with E-state index in [9.17, 15) is 20.2 Å². The van der Waals surface area contributed by atoms with Crippen LogP contribution in [-0.2, 0) is 0 Å². The van der Waals surface area contributed by atoms with Crippen molar-refractivity contribution in [3.05, 3.63) is 49.7 Å². The number of nitro benzene ring substituents is 2. The first kappa shape index (κ1) is 14.6. The minimum absolute atomic E-state index is 0.346. The van der Waals surface area contributed by atoms with Gasteiger partial charge in [-0.3, -0.25) is 20.2 Å². The van der Waals surface area contributed by atoms with Crippen LogP contribution < -0.4 is 5.32 Å². The number of hydrogen-bond acceptors (Lipinski definition) is 7. The molecule has 1 aromatic carbocycles. The topological polar surface area (TPSA) is 146 Å². The van der Waals surface area contributed by atoms with E-state index in [-0.39, 0.29) is 11.3 Å². The largest absolute Gasteiger partial charge is 0.349 e. The van der Waals surface area contributed by atoms with Crippen LogP contribution in [0.25, 0.3) is 0 Å². The van der Waals surface area contributed by atoms with Gasteiger partial charge in [0.05, 0.1) is 9.85 Å². The van der Waals surface area contributed by atoms with Gasteiger partial charge in [0.2, 0.25) is 0 Å². The number of allylic oxidation sites excluding steroid dienone is 1. The zero-order valence-corrected chi connectivity index (χ0v) is 10.2. The summed E-state index contributed by atoms with van der Waals surface area (Å²) in [4.78, 5) is 20.3. The van der Waals surface area contributed by atoms with E-state index < -0.39 is 21.2 Å². The molecule has 20 heavy (non-hydrogen) atoms. The summed E-state index contributed by atoms with van der Waals surface area (Å²) in [5, 5.41) is 41.2. The highest BCUT2D eigenvalue weighted by atomic mass is 16.6. The zero-order valence-electron chi connectivity index (χ0n) is 10.2. The highest BCUT2D eigenvalue weighted by molar-refractivity contribution is 5.76. The maximum atomic E-state index is 10.9. The second-order valence-electron chi connectivity index (χ2n) is 3.62. The smallest absolute Gasteiger partial charge is 0.300 e. The summed E-state index contributed by atoms with van der Waals surface area (Å²) < 4.78 is 0. The molecule has 0 saturated heterocycles. The Hall–Kier alpha value is -3.46. The van der Waals surface area contributed by atoms with Gasteiger partial charge in [0.15, 0.2) is 5.69 Å². The van der Waals surface area contributed by atoms with Gasteiger partial charge in [0.25, 0.3) is 11.4 Å². The molecule has 0 spiro atoms. The van der Waals surface area contributed by atoms with E-state index in [1.165, 1.54) is 19.1 Å². The second kappa shape index (κ2) is 5.93. The maximum Gasteiger partial charge on any atom is 0.300 e. The molecule has 100 valence electrons. The van der Waals surface area contributed by atoms with E-state index >= 15 is 0 Å². The van der Waals surface area contributed by atoms with E-state index in [1.54, 1.807) is 0 Å². The van der Waals surface area contributed by atoms with Crippen LogP contribution in [0.15, 0.2) is 23.9 Å². The fourth-order valence-corrected chi connectivity index (χ4v) is 1.42. The van der Waals surface area contributed by atoms with Crippen LogP contribution in [-0.4, -0.2) is 9.85 Å². The maximum absolute atomic E-state index is 10.9. The summed E-state index contributed by atoms with van der Waals surface area (Å²) in [7, 11) is 0. The lowest BCUT2D eigenvalue weighted by atomic mass is 10.1. The van der Waals surface area contributed by atoms with Crippen LogP contribution in [0.4, 0.5) is 17.1 Å². The number of benzene rings is 1. The van der Waals surface area contributed by atoms with Crippen LogP contribution >= 0.6 is 0 Å². The highest BCUT2D eigenvalue weighted by Crippen LogP contribution is 2.35. The Labute approximate surface area is 112 Å². The molecule has 0 amide bonds. The Morgan fingerprint density at radius 1 is 1.20 bits per heavy atom. The van der Waals surface area contributed by atoms with Crippen molar-refractivity contribution in [3.8, 4) is 12.1 Å². The number of anilines is 1. The third kappa shape index (κ3) is 3.05. The van der Waals surface area contributed by atoms with Crippen LogP contribution in [0.1, 0.15) is 5.56 Å². The van der Waals surface area contributed by atoms with Gasteiger partial charge in [-0.15, -0.1) is 0 Å². The Morgan fingerprint density at radius 2 is 1.65 bits per heavy atom. The molecule has 0 atom stereocenters. The number of aryl methyl sites for hydroxylation is 1. The van der Waals surface area contributed by atoms with Gasteiger partial charge in [-0.1, -0.05) is 0 Å². The Kier molecular flexibility index (Phi) is 4.33. The zero-order chi connectivity index (χ0) is 15.3. The van der Waals surface area contributed by atoms with Crippen molar-refractivity contribution in [1.29, 1.82) is 10.5 Å². The third-order valence-electron chi connectivity index (χ3n) is 2.24. The predicted molar refractivity (Wildman–Crippen MR) is 67.4 cm³/mol. The molecule has 0 fully saturated rings. The summed E-state index contributed by atoms with van der Waals surface area (Å²) in [5.74, 6) is 0. The minimum Gasteiger partial charge on any atom is -0.349 e. The summed E-state index contributed by atoms with van der Waals surface area (Å²) in [5.41, 5.74) is -1.42. The highest BCUT2D eigenvalue weighted by Gasteiger charge is 2.25. The molecule has 0 aliphatic heterocycles. The Balaban J connectivity index is 3.47. The number of nitrogens with one attached hydrogen (secondary N) is 1. The fourth-order valence-electron chi connectivity index (χ4n) is 1.42. The van der Waals surface area contributed by atoms with Crippen molar-refractivity contribution in [2.75, 3.05) is 5.32 Å². The van der Waals surface area contributed by atoms with Gasteiger partial charge in [-0.25, -0.2) is 0 Å². The number of nitriles is 2. The summed E-state index contributed by atoms with van der Waals surface area (Å²) >= 11 is 0. The first-order valence-corrected chi connectivity index (χ1v) is 5.11. The van der Waals surface area contributed by atoms with Crippen molar-refractivity contribution < 1.29 is 9.85 Å². The normalized spacial score (nSPS) is 8.95. The minimum atomic E-state index is -0.783. The van der Waals surface area contributed by atoms with Gasteiger partial charge in [0, 0.05) is 18.3 Å². The second-order valence-corrected chi connectivity index (χ2v) is 3.62. The van der Waals surface area contributed by atoms with E-state index in [4.69, 9.17) is 10.5 Å². The van der Waals surface area contributed by atoms with Crippen molar-refractivity contribution in [2.24, 2.45) is 0 Å². The Morgan fingerprint density at radius 3 is 2.00 bits per heavy atom. The summed E-state index contributed by atoms with van der Waals surface area (Å²) in [6.45, 7) is 1.48. The summed E-state index contributed by atoms with van der Waals surface area (Å²) in [6.07, 6.45) is 0.880. The first-order chi connectivity index (χ1) is 9.40. The number of nitro groups is 2. The molecule has 0 aliphatic rings. The van der Waals surface area contributed by atoms with Crippen LogP contribution in [0.2, 0.25) is 0 Å². The molecule has 0 unspecified atom stereocenters. The molecule has 0 heterocycles. The Bertz CT molecular complexity index is 645. The van der Waals surface area contributed by atoms with Crippen molar-refractivity contribution >= 4 is 17.1 Å². The first-order valence-electron chi connectivity index (χ1n) is 5.11. The van der Waals surface area contributed by atoms with Gasteiger partial charge < -0.3 is 5.32 Å². The fraction of sp³-hybridized carbons (Fsp3) is 0.0909. The quantitative estimate of drug-likeness (QED) is 0.502. The van der Waals surface area contributed by atoms with Crippen LogP contribution in [0, 0.1) is 49.8 Å². The lowest BCUT2D eigenvalue weighted by molar-refractivity contribution is -0.392. The molecule has 9 heteroatoms. The van der Waals surface area contributed by atoms with Gasteiger partial charge in [-0.05, 0) is 12.5 Å². The van der Waals surface area contributed by atoms with Crippen molar-refractivity contribution in [1.82, 2.24) is 0 Å². The number of rotatable bonds is 4. The monoisotopic (exact) mass is 273 g/mol. The molecule has 0 saturated carbocycles. The molecular weight excluding hydrogens is 266 g/mol. The van der Waals surface area contributed by atoms with Crippen LogP contribution in [0.3, 0.4) is 0 Å². The standard InChI is InChI=1S/C11H7N5O4/c1-7-2-9(15(17)18)11(10(3-7)16(19)20)14-6-8(4-12)5-13/h2-3,6,14H,1H3. The van der Waals surface area contributed by atoms with Crippen LogP contribution in [0.5, 0.6) is 0 Å². The molecule has 1 N–H and O–H groups in total. The molecule has 0 bridgehead atoms.